The Morgan fingerprint density at radius 3 is 2.29 bits per heavy atom. The average Bonchev–Trinajstić information content (AvgIpc) is 2.70. The van der Waals surface area contributed by atoms with Crippen LogP contribution in [-0.2, 0) is 10.0 Å². The van der Waals surface area contributed by atoms with Gasteiger partial charge in [0.05, 0.1) is 4.90 Å². The van der Waals surface area contributed by atoms with E-state index >= 15 is 0 Å². The van der Waals surface area contributed by atoms with Crippen LogP contribution in [0.5, 0.6) is 0 Å². The highest BCUT2D eigenvalue weighted by Crippen LogP contribution is 2.26. The summed E-state index contributed by atoms with van der Waals surface area (Å²) in [6, 6.07) is 6.77. The molecule has 28 heavy (non-hydrogen) atoms. The topological polar surface area (TPSA) is 69.7 Å². The first-order valence-corrected chi connectivity index (χ1v) is 11.8. The van der Waals surface area contributed by atoms with Crippen LogP contribution in [0.4, 0.5) is 0 Å². The maximum atomic E-state index is 12.9. The highest BCUT2D eigenvalue weighted by molar-refractivity contribution is 7.89. The van der Waals surface area contributed by atoms with Gasteiger partial charge >= 0.3 is 0 Å². The van der Waals surface area contributed by atoms with Gasteiger partial charge in [-0.05, 0) is 57.5 Å². The van der Waals surface area contributed by atoms with E-state index in [9.17, 15) is 13.2 Å². The largest absolute Gasteiger partial charge is 0.351 e. The van der Waals surface area contributed by atoms with E-state index in [-0.39, 0.29) is 16.8 Å². The van der Waals surface area contributed by atoms with Crippen molar-refractivity contribution in [3.05, 3.63) is 29.8 Å². The predicted octanol–water partition coefficient (Wildman–Crippen LogP) is 3.10. The van der Waals surface area contributed by atoms with E-state index in [1.54, 1.807) is 19.2 Å². The van der Waals surface area contributed by atoms with Crippen molar-refractivity contribution >= 4 is 15.9 Å². The molecule has 0 saturated heterocycles. The lowest BCUT2D eigenvalue weighted by Crippen LogP contribution is -2.38. The smallest absolute Gasteiger partial charge is 0.251 e. The summed E-state index contributed by atoms with van der Waals surface area (Å²) in [4.78, 5) is 14.9. The summed E-state index contributed by atoms with van der Waals surface area (Å²) in [7, 11) is -1.86. The van der Waals surface area contributed by atoms with Gasteiger partial charge in [0, 0.05) is 37.8 Å². The molecule has 0 unspecified atom stereocenters. The van der Waals surface area contributed by atoms with Gasteiger partial charge in [0.15, 0.2) is 0 Å². The van der Waals surface area contributed by atoms with Crippen molar-refractivity contribution in [1.82, 2.24) is 14.5 Å². The van der Waals surface area contributed by atoms with E-state index in [2.05, 4.69) is 31.0 Å². The number of hydrogen-bond donors (Lipinski definition) is 1. The molecule has 1 amide bonds. The zero-order valence-electron chi connectivity index (χ0n) is 17.6. The third kappa shape index (κ3) is 5.78. The van der Waals surface area contributed by atoms with Crippen LogP contribution < -0.4 is 5.32 Å². The van der Waals surface area contributed by atoms with E-state index in [1.807, 2.05) is 0 Å². The molecule has 1 fully saturated rings. The number of benzene rings is 1. The number of likely N-dealkylation sites (N-methyl/N-ethyl adjacent to an activating group) is 1. The number of nitrogens with one attached hydrogen (secondary N) is 1. The van der Waals surface area contributed by atoms with Gasteiger partial charge in [0.25, 0.3) is 5.91 Å². The van der Waals surface area contributed by atoms with Crippen molar-refractivity contribution in [2.75, 3.05) is 26.7 Å². The Morgan fingerprint density at radius 1 is 1.14 bits per heavy atom. The molecule has 1 N–H and O–H groups in total. The molecule has 1 aliphatic rings. The van der Waals surface area contributed by atoms with Gasteiger partial charge in [-0.1, -0.05) is 26.2 Å². The molecule has 0 heterocycles. The summed E-state index contributed by atoms with van der Waals surface area (Å²) in [6.07, 6.45) is 5.18. The first kappa shape index (κ1) is 22.8. The van der Waals surface area contributed by atoms with Crippen LogP contribution in [0.1, 0.15) is 63.2 Å². The molecule has 2 rings (SSSR count). The molecule has 0 bridgehead atoms. The molecule has 158 valence electrons. The molecular weight excluding hydrogens is 374 g/mol. The fourth-order valence-electron chi connectivity index (χ4n) is 3.78. The summed E-state index contributed by atoms with van der Waals surface area (Å²) in [5.74, 6) is -0.176. The SMILES string of the molecule is CCN(CCNC(=O)c1ccc(S(=O)(=O)N(C)C2CCCCC2)cc1)C(C)C. The lowest BCUT2D eigenvalue weighted by molar-refractivity contribution is 0.0945. The van der Waals surface area contributed by atoms with Gasteiger partial charge in [0.1, 0.15) is 0 Å². The van der Waals surface area contributed by atoms with Gasteiger partial charge in [-0.3, -0.25) is 9.69 Å². The minimum Gasteiger partial charge on any atom is -0.351 e. The second kappa shape index (κ2) is 10.4. The Hall–Kier alpha value is -1.44. The van der Waals surface area contributed by atoms with Crippen molar-refractivity contribution < 1.29 is 13.2 Å². The molecule has 7 heteroatoms. The third-order valence-electron chi connectivity index (χ3n) is 5.70. The highest BCUT2D eigenvalue weighted by Gasteiger charge is 2.29. The molecular formula is C21H35N3O3S. The Balaban J connectivity index is 1.97. The molecule has 1 aromatic carbocycles. The maximum Gasteiger partial charge on any atom is 0.251 e. The second-order valence-corrected chi connectivity index (χ2v) is 9.81. The molecule has 0 atom stereocenters. The molecule has 1 saturated carbocycles. The highest BCUT2D eigenvalue weighted by atomic mass is 32.2. The second-order valence-electron chi connectivity index (χ2n) is 7.82. The van der Waals surface area contributed by atoms with Crippen LogP contribution in [0.2, 0.25) is 0 Å². The van der Waals surface area contributed by atoms with Crippen LogP contribution in [0.3, 0.4) is 0 Å². The lowest BCUT2D eigenvalue weighted by Gasteiger charge is -2.30. The molecule has 0 aliphatic heterocycles. The molecule has 0 aromatic heterocycles. The fourth-order valence-corrected chi connectivity index (χ4v) is 5.20. The summed E-state index contributed by atoms with van der Waals surface area (Å²) in [5.41, 5.74) is 0.479. The zero-order valence-corrected chi connectivity index (χ0v) is 18.5. The van der Waals surface area contributed by atoms with E-state index in [4.69, 9.17) is 0 Å². The summed E-state index contributed by atoms with van der Waals surface area (Å²) in [5, 5.41) is 2.91. The molecule has 6 nitrogen and oxygen atoms in total. The van der Waals surface area contributed by atoms with Gasteiger partial charge in [-0.2, -0.15) is 4.31 Å². The third-order valence-corrected chi connectivity index (χ3v) is 7.63. The number of rotatable bonds is 9. The Bertz CT molecular complexity index is 726. The molecule has 0 radical (unpaired) electrons. The Labute approximate surface area is 170 Å². The average molecular weight is 410 g/mol. The van der Waals surface area contributed by atoms with Crippen molar-refractivity contribution in [1.29, 1.82) is 0 Å². The van der Waals surface area contributed by atoms with E-state index in [0.29, 0.717) is 18.2 Å². The van der Waals surface area contributed by atoms with E-state index in [1.165, 1.54) is 22.9 Å². The quantitative estimate of drug-likeness (QED) is 0.680. The van der Waals surface area contributed by atoms with Gasteiger partial charge < -0.3 is 5.32 Å². The van der Waals surface area contributed by atoms with Crippen molar-refractivity contribution in [3.8, 4) is 0 Å². The molecule has 1 aliphatic carbocycles. The standard InChI is InChI=1S/C21H35N3O3S/c1-5-24(17(2)3)16-15-22-21(25)18-11-13-20(14-12-18)28(26,27)23(4)19-9-7-6-8-10-19/h11-14,17,19H,5-10,15-16H2,1-4H3,(H,22,25). The number of hydrogen-bond acceptors (Lipinski definition) is 4. The first-order valence-electron chi connectivity index (χ1n) is 10.4. The van der Waals surface area contributed by atoms with Gasteiger partial charge in [-0.25, -0.2) is 8.42 Å². The van der Waals surface area contributed by atoms with E-state index in [0.717, 1.165) is 38.8 Å². The van der Waals surface area contributed by atoms with Crippen molar-refractivity contribution in [2.24, 2.45) is 0 Å². The van der Waals surface area contributed by atoms with Crippen molar-refractivity contribution in [2.45, 2.75) is 69.9 Å². The van der Waals surface area contributed by atoms with Gasteiger partial charge in [0.2, 0.25) is 10.0 Å². The summed E-state index contributed by atoms with van der Waals surface area (Å²) >= 11 is 0. The van der Waals surface area contributed by atoms with Crippen LogP contribution in [0, 0.1) is 0 Å². The van der Waals surface area contributed by atoms with E-state index < -0.39 is 10.0 Å². The number of carbonyl (C=O) groups excluding carboxylic acids is 1. The number of amides is 1. The van der Waals surface area contributed by atoms with Crippen LogP contribution >= 0.6 is 0 Å². The number of carbonyl (C=O) groups is 1. The number of nitrogens with zero attached hydrogens (tertiary/aromatic N) is 2. The molecule has 0 spiro atoms. The maximum absolute atomic E-state index is 12.9. The minimum atomic E-state index is -3.53. The zero-order chi connectivity index (χ0) is 20.7. The van der Waals surface area contributed by atoms with Crippen LogP contribution in [-0.4, -0.2) is 62.3 Å². The van der Waals surface area contributed by atoms with Crippen LogP contribution in [0.15, 0.2) is 29.2 Å². The minimum absolute atomic E-state index is 0.0733. The van der Waals surface area contributed by atoms with Crippen molar-refractivity contribution in [3.63, 3.8) is 0 Å². The Morgan fingerprint density at radius 2 is 1.75 bits per heavy atom. The normalized spacial score (nSPS) is 16.1. The predicted molar refractivity (Wildman–Crippen MR) is 113 cm³/mol. The fraction of sp³-hybridized carbons (Fsp3) is 0.667. The summed E-state index contributed by atoms with van der Waals surface area (Å²) < 4.78 is 27.3. The number of sulfonamides is 1. The first-order chi connectivity index (χ1) is 13.3. The monoisotopic (exact) mass is 409 g/mol. The Kier molecular flexibility index (Phi) is 8.46. The molecule has 1 aromatic rings. The summed E-state index contributed by atoms with van der Waals surface area (Å²) in [6.45, 7) is 8.66. The van der Waals surface area contributed by atoms with Gasteiger partial charge in [-0.15, -0.1) is 0 Å². The van der Waals surface area contributed by atoms with Crippen LogP contribution in [0.25, 0.3) is 0 Å². The lowest BCUT2D eigenvalue weighted by atomic mass is 9.96.